The molecule has 9 nitrogen and oxygen atoms in total. The maximum Gasteiger partial charge on any atom is 0.338 e. The zero-order chi connectivity index (χ0) is 32.8. The van der Waals surface area contributed by atoms with Crippen LogP contribution in [0.1, 0.15) is 45.7 Å². The summed E-state index contributed by atoms with van der Waals surface area (Å²) in [4.78, 5) is 27.3. The molecule has 9 heteroatoms. The molecule has 6 atom stereocenters. The maximum absolute atomic E-state index is 13.7. The maximum atomic E-state index is 13.7. The number of benzene rings is 4. The van der Waals surface area contributed by atoms with E-state index < -0.39 is 54.3 Å². The number of ether oxygens (including phenoxy) is 7. The highest BCUT2D eigenvalue weighted by molar-refractivity contribution is 5.90. The first-order valence-electron chi connectivity index (χ1n) is 15.6. The van der Waals surface area contributed by atoms with Gasteiger partial charge in [0.1, 0.15) is 30.2 Å². The van der Waals surface area contributed by atoms with Crippen LogP contribution in [-0.4, -0.2) is 61.5 Å². The van der Waals surface area contributed by atoms with Gasteiger partial charge in [-0.15, -0.1) is 0 Å². The number of methoxy groups -OCH3 is 1. The summed E-state index contributed by atoms with van der Waals surface area (Å²) in [7, 11) is 1.60. The smallest absolute Gasteiger partial charge is 0.338 e. The Morgan fingerprint density at radius 2 is 0.979 bits per heavy atom. The van der Waals surface area contributed by atoms with Crippen LogP contribution in [0.4, 0.5) is 0 Å². The summed E-state index contributed by atoms with van der Waals surface area (Å²) in [6, 6.07) is 34.4. The lowest BCUT2D eigenvalue weighted by Gasteiger charge is -2.45. The molecule has 47 heavy (non-hydrogen) atoms. The highest BCUT2D eigenvalue weighted by Gasteiger charge is 2.62. The Morgan fingerprint density at radius 1 is 0.574 bits per heavy atom. The lowest BCUT2D eigenvalue weighted by Crippen LogP contribution is -2.66. The molecule has 1 aliphatic carbocycles. The molecule has 6 rings (SSSR count). The summed E-state index contributed by atoms with van der Waals surface area (Å²) in [6.45, 7) is 3.94. The van der Waals surface area contributed by atoms with Gasteiger partial charge in [-0.1, -0.05) is 78.9 Å². The van der Waals surface area contributed by atoms with Crippen molar-refractivity contribution in [1.29, 1.82) is 0 Å². The molecule has 2 aliphatic rings. The van der Waals surface area contributed by atoms with Crippen molar-refractivity contribution in [3.63, 3.8) is 0 Å². The topological polar surface area (TPSA) is 98.8 Å². The second-order valence-electron chi connectivity index (χ2n) is 11.9. The first kappa shape index (κ1) is 32.4. The van der Waals surface area contributed by atoms with Gasteiger partial charge in [0.2, 0.25) is 0 Å². The molecule has 0 spiro atoms. The van der Waals surface area contributed by atoms with Crippen LogP contribution < -0.4 is 4.74 Å². The van der Waals surface area contributed by atoms with Crippen molar-refractivity contribution < 1.29 is 42.7 Å². The first-order chi connectivity index (χ1) is 22.8. The standard InChI is InChI=1S/C38H38O9/c1-38(2)46-34-30(42-23-25-13-7-4-8-14-25)32(44-36(39)27-15-9-5-10-16-27)33(45-37(40)28-17-11-6-12-18-28)31(35(34)47-38)43-24-26-19-21-29(41-3)22-20-26/h4-22,30-35H,23-24H2,1-3H3/t30-,31-,32-,33-,34+,35-/m1/s1. The van der Waals surface area contributed by atoms with Gasteiger partial charge in [0, 0.05) is 0 Å². The summed E-state index contributed by atoms with van der Waals surface area (Å²) in [5.74, 6) is -1.53. The second kappa shape index (κ2) is 14.5. The summed E-state index contributed by atoms with van der Waals surface area (Å²) in [5.41, 5.74) is 2.44. The molecule has 1 aliphatic heterocycles. The largest absolute Gasteiger partial charge is 0.497 e. The fourth-order valence-electron chi connectivity index (χ4n) is 5.93. The van der Waals surface area contributed by atoms with Crippen LogP contribution in [0.3, 0.4) is 0 Å². The highest BCUT2D eigenvalue weighted by Crippen LogP contribution is 2.42. The molecule has 2 fully saturated rings. The molecule has 1 saturated heterocycles. The van der Waals surface area contributed by atoms with Gasteiger partial charge in [0.25, 0.3) is 0 Å². The van der Waals surface area contributed by atoms with E-state index in [0.717, 1.165) is 11.1 Å². The molecular weight excluding hydrogens is 600 g/mol. The fraction of sp³-hybridized carbons (Fsp3) is 0.316. The number of hydrogen-bond acceptors (Lipinski definition) is 9. The van der Waals surface area contributed by atoms with Crippen molar-refractivity contribution in [2.75, 3.05) is 7.11 Å². The van der Waals surface area contributed by atoms with Crippen molar-refractivity contribution in [2.24, 2.45) is 0 Å². The van der Waals surface area contributed by atoms with Crippen molar-refractivity contribution in [2.45, 2.75) is 69.5 Å². The third kappa shape index (κ3) is 7.72. The van der Waals surface area contributed by atoms with Gasteiger partial charge in [-0.2, -0.15) is 0 Å². The molecular formula is C38H38O9. The van der Waals surface area contributed by atoms with Gasteiger partial charge < -0.3 is 33.2 Å². The Kier molecular flexibility index (Phi) is 9.98. The van der Waals surface area contributed by atoms with Crippen molar-refractivity contribution in [1.82, 2.24) is 0 Å². The minimum atomic E-state index is -1.13. The van der Waals surface area contributed by atoms with E-state index in [1.807, 2.05) is 66.7 Å². The van der Waals surface area contributed by atoms with Crippen LogP contribution in [-0.2, 0) is 41.6 Å². The highest BCUT2D eigenvalue weighted by atomic mass is 16.8. The van der Waals surface area contributed by atoms with Gasteiger partial charge in [0.05, 0.1) is 31.5 Å². The minimum Gasteiger partial charge on any atom is -0.497 e. The Labute approximate surface area is 274 Å². The van der Waals surface area contributed by atoms with E-state index in [4.69, 9.17) is 33.2 Å². The first-order valence-corrected chi connectivity index (χ1v) is 15.6. The Bertz CT molecular complexity index is 1610. The molecule has 4 aromatic rings. The molecule has 244 valence electrons. The van der Waals surface area contributed by atoms with Crippen LogP contribution in [0.15, 0.2) is 115 Å². The predicted octanol–water partition coefficient (Wildman–Crippen LogP) is 6.15. The van der Waals surface area contributed by atoms with Crippen LogP contribution in [0.2, 0.25) is 0 Å². The van der Waals surface area contributed by atoms with Crippen molar-refractivity contribution in [3.8, 4) is 5.75 Å². The molecule has 0 N–H and O–H groups in total. The summed E-state index contributed by atoms with van der Waals surface area (Å²) in [6.07, 6.45) is -5.50. The molecule has 0 amide bonds. The quantitative estimate of drug-likeness (QED) is 0.179. The monoisotopic (exact) mass is 638 g/mol. The molecule has 0 unspecified atom stereocenters. The van der Waals surface area contributed by atoms with Crippen LogP contribution in [0.25, 0.3) is 0 Å². The number of esters is 2. The van der Waals surface area contributed by atoms with E-state index in [2.05, 4.69) is 0 Å². The number of rotatable bonds is 11. The van der Waals surface area contributed by atoms with Crippen LogP contribution in [0, 0.1) is 0 Å². The summed E-state index contributed by atoms with van der Waals surface area (Å²) >= 11 is 0. The molecule has 1 heterocycles. The Hall–Kier alpha value is -4.54. The Balaban J connectivity index is 1.39. The third-order valence-electron chi connectivity index (χ3n) is 8.17. The van der Waals surface area contributed by atoms with Crippen LogP contribution >= 0.6 is 0 Å². The average molecular weight is 639 g/mol. The van der Waals surface area contributed by atoms with E-state index in [1.165, 1.54) is 0 Å². The number of carbonyl (C=O) groups is 2. The van der Waals surface area contributed by atoms with E-state index >= 15 is 0 Å². The number of hydrogen-bond donors (Lipinski definition) is 0. The van der Waals surface area contributed by atoms with Gasteiger partial charge in [0.15, 0.2) is 18.0 Å². The second-order valence-corrected chi connectivity index (χ2v) is 11.9. The molecule has 0 bridgehead atoms. The van der Waals surface area contributed by atoms with Gasteiger partial charge in [-0.25, -0.2) is 9.59 Å². The zero-order valence-electron chi connectivity index (χ0n) is 26.5. The number of carbonyl (C=O) groups excluding carboxylic acids is 2. The summed E-state index contributed by atoms with van der Waals surface area (Å²) in [5, 5.41) is 0. The third-order valence-corrected chi connectivity index (χ3v) is 8.17. The van der Waals surface area contributed by atoms with Gasteiger partial charge >= 0.3 is 11.9 Å². The molecule has 0 aromatic heterocycles. The van der Waals surface area contributed by atoms with Gasteiger partial charge in [-0.3, -0.25) is 0 Å². The average Bonchev–Trinajstić information content (AvgIpc) is 3.43. The number of fused-ring (bicyclic) bond motifs is 1. The molecule has 4 aromatic carbocycles. The summed E-state index contributed by atoms with van der Waals surface area (Å²) < 4.78 is 43.8. The van der Waals surface area contributed by atoms with Crippen molar-refractivity contribution in [3.05, 3.63) is 138 Å². The molecule has 0 radical (unpaired) electrons. The van der Waals surface area contributed by atoms with E-state index in [9.17, 15) is 9.59 Å². The Morgan fingerprint density at radius 3 is 1.40 bits per heavy atom. The van der Waals surface area contributed by atoms with E-state index in [1.54, 1.807) is 69.5 Å². The van der Waals surface area contributed by atoms with Gasteiger partial charge in [-0.05, 0) is 61.4 Å². The van der Waals surface area contributed by atoms with E-state index in [-0.39, 0.29) is 13.2 Å². The lowest BCUT2D eigenvalue weighted by molar-refractivity contribution is -0.223. The zero-order valence-corrected chi connectivity index (χ0v) is 26.5. The lowest BCUT2D eigenvalue weighted by atomic mass is 9.84. The fourth-order valence-corrected chi connectivity index (χ4v) is 5.93. The van der Waals surface area contributed by atoms with E-state index in [0.29, 0.717) is 16.9 Å². The SMILES string of the molecule is COc1ccc(CO[C@@H]2[C@@H](OC(=O)c3ccccc3)[C@H](OC(=O)c3ccccc3)[C@@H](OCc3ccccc3)[C@@H]3OC(C)(C)O[C@H]23)cc1. The van der Waals surface area contributed by atoms with Crippen molar-refractivity contribution >= 4 is 11.9 Å². The normalized spacial score (nSPS) is 24.6. The predicted molar refractivity (Wildman–Crippen MR) is 172 cm³/mol. The van der Waals surface area contributed by atoms with Crippen LogP contribution in [0.5, 0.6) is 5.75 Å². The molecule has 1 saturated carbocycles. The minimum absolute atomic E-state index is 0.149.